The van der Waals surface area contributed by atoms with Crippen molar-refractivity contribution >= 4 is 21.6 Å². The van der Waals surface area contributed by atoms with E-state index in [1.807, 2.05) is 6.07 Å². The van der Waals surface area contributed by atoms with Gasteiger partial charge in [0.1, 0.15) is 6.10 Å². The van der Waals surface area contributed by atoms with Crippen molar-refractivity contribution in [1.29, 1.82) is 0 Å². The van der Waals surface area contributed by atoms with Crippen molar-refractivity contribution in [3.05, 3.63) is 16.7 Å². The number of nitrogen functional groups attached to an aromatic ring is 1. The first-order valence-electron chi connectivity index (χ1n) is 5.73. The summed E-state index contributed by atoms with van der Waals surface area (Å²) in [6, 6.07) is 1.83. The third-order valence-electron chi connectivity index (χ3n) is 3.01. The molecule has 1 fully saturated rings. The number of rotatable bonds is 2. The lowest BCUT2D eigenvalue weighted by atomic mass is 9.89. The lowest BCUT2D eigenvalue weighted by Gasteiger charge is -2.27. The van der Waals surface area contributed by atoms with Crippen molar-refractivity contribution in [3.8, 4) is 5.88 Å². The van der Waals surface area contributed by atoms with Gasteiger partial charge in [0.15, 0.2) is 0 Å². The van der Waals surface area contributed by atoms with E-state index >= 15 is 0 Å². The van der Waals surface area contributed by atoms with E-state index in [0.29, 0.717) is 11.6 Å². The van der Waals surface area contributed by atoms with E-state index in [0.717, 1.165) is 23.2 Å². The third kappa shape index (κ3) is 2.88. The van der Waals surface area contributed by atoms with Gasteiger partial charge in [-0.1, -0.05) is 13.3 Å². The smallest absolute Gasteiger partial charge is 0.237 e. The van der Waals surface area contributed by atoms with Crippen molar-refractivity contribution < 1.29 is 4.74 Å². The molecular weight excluding hydrogens is 268 g/mol. The summed E-state index contributed by atoms with van der Waals surface area (Å²) in [4.78, 5) is 4.20. The SMILES string of the molecule is CC1CCCC(Oc2ncc(Br)cc2N)C1. The molecular formula is C12H17BrN2O. The van der Waals surface area contributed by atoms with Crippen LogP contribution in [0.1, 0.15) is 32.6 Å². The van der Waals surface area contributed by atoms with Crippen LogP contribution in [0.25, 0.3) is 0 Å². The van der Waals surface area contributed by atoms with Crippen molar-refractivity contribution in [3.63, 3.8) is 0 Å². The van der Waals surface area contributed by atoms with Gasteiger partial charge in [-0.3, -0.25) is 0 Å². The van der Waals surface area contributed by atoms with Crippen LogP contribution in [0.15, 0.2) is 16.7 Å². The fourth-order valence-corrected chi connectivity index (χ4v) is 2.53. The Morgan fingerprint density at radius 1 is 1.50 bits per heavy atom. The Bertz CT molecular complexity index is 370. The Balaban J connectivity index is 2.02. The second kappa shape index (κ2) is 5.04. The van der Waals surface area contributed by atoms with Crippen LogP contribution in [0, 0.1) is 5.92 Å². The molecule has 1 aliphatic carbocycles. The van der Waals surface area contributed by atoms with Crippen LogP contribution in [0.4, 0.5) is 5.69 Å². The quantitative estimate of drug-likeness (QED) is 0.906. The Morgan fingerprint density at radius 2 is 2.31 bits per heavy atom. The molecule has 2 N–H and O–H groups in total. The molecule has 0 bridgehead atoms. The Labute approximate surface area is 105 Å². The lowest BCUT2D eigenvalue weighted by molar-refractivity contribution is 0.125. The number of halogens is 1. The zero-order valence-electron chi connectivity index (χ0n) is 9.45. The van der Waals surface area contributed by atoms with Gasteiger partial charge in [-0.25, -0.2) is 4.98 Å². The highest BCUT2D eigenvalue weighted by atomic mass is 79.9. The molecule has 1 aromatic heterocycles. The first-order valence-corrected chi connectivity index (χ1v) is 6.52. The maximum Gasteiger partial charge on any atom is 0.237 e. The van der Waals surface area contributed by atoms with Gasteiger partial charge in [-0.15, -0.1) is 0 Å². The molecule has 2 atom stereocenters. The van der Waals surface area contributed by atoms with Gasteiger partial charge in [-0.05, 0) is 47.2 Å². The molecule has 1 saturated carbocycles. The van der Waals surface area contributed by atoms with E-state index in [4.69, 9.17) is 10.5 Å². The number of anilines is 1. The fourth-order valence-electron chi connectivity index (χ4n) is 2.18. The number of hydrogen-bond acceptors (Lipinski definition) is 3. The molecule has 16 heavy (non-hydrogen) atoms. The van der Waals surface area contributed by atoms with Gasteiger partial charge in [0.25, 0.3) is 0 Å². The number of nitrogens with two attached hydrogens (primary N) is 1. The standard InChI is InChI=1S/C12H17BrN2O/c1-8-3-2-4-10(5-8)16-12-11(14)6-9(13)7-15-12/h6-8,10H,2-5,14H2,1H3. The molecule has 3 nitrogen and oxygen atoms in total. The molecule has 0 spiro atoms. The van der Waals surface area contributed by atoms with E-state index in [1.54, 1.807) is 6.20 Å². The average molecular weight is 285 g/mol. The molecule has 2 unspecified atom stereocenters. The van der Waals surface area contributed by atoms with Crippen LogP contribution in [-0.2, 0) is 0 Å². The van der Waals surface area contributed by atoms with Crippen LogP contribution in [0.3, 0.4) is 0 Å². The number of aromatic nitrogens is 1. The molecule has 1 aliphatic rings. The fraction of sp³-hybridized carbons (Fsp3) is 0.583. The molecule has 0 radical (unpaired) electrons. The molecule has 2 rings (SSSR count). The predicted molar refractivity (Wildman–Crippen MR) is 68.4 cm³/mol. The molecule has 88 valence electrons. The largest absolute Gasteiger partial charge is 0.473 e. The minimum absolute atomic E-state index is 0.278. The summed E-state index contributed by atoms with van der Waals surface area (Å²) in [6.07, 6.45) is 6.77. The average Bonchev–Trinajstić information content (AvgIpc) is 2.22. The maximum atomic E-state index is 5.86. The Kier molecular flexibility index (Phi) is 3.69. The topological polar surface area (TPSA) is 48.1 Å². The van der Waals surface area contributed by atoms with E-state index in [1.165, 1.54) is 12.8 Å². The molecule has 1 aromatic rings. The van der Waals surface area contributed by atoms with Crippen molar-refractivity contribution in [2.24, 2.45) is 5.92 Å². The molecule has 4 heteroatoms. The normalized spacial score (nSPS) is 25.4. The van der Waals surface area contributed by atoms with E-state index in [9.17, 15) is 0 Å². The van der Waals surface area contributed by atoms with Gasteiger partial charge >= 0.3 is 0 Å². The Hall–Kier alpha value is -0.770. The highest BCUT2D eigenvalue weighted by Crippen LogP contribution is 2.29. The van der Waals surface area contributed by atoms with Gasteiger partial charge in [-0.2, -0.15) is 0 Å². The van der Waals surface area contributed by atoms with Gasteiger partial charge in [0.2, 0.25) is 5.88 Å². The highest BCUT2D eigenvalue weighted by Gasteiger charge is 2.21. The maximum absolute atomic E-state index is 5.86. The van der Waals surface area contributed by atoms with Crippen LogP contribution < -0.4 is 10.5 Å². The van der Waals surface area contributed by atoms with Crippen LogP contribution >= 0.6 is 15.9 Å². The van der Waals surface area contributed by atoms with Gasteiger partial charge in [0, 0.05) is 10.7 Å². The number of ether oxygens (including phenoxy) is 1. The molecule has 0 saturated heterocycles. The monoisotopic (exact) mass is 284 g/mol. The first kappa shape index (κ1) is 11.7. The lowest BCUT2D eigenvalue weighted by Crippen LogP contribution is -2.24. The molecule has 0 aliphatic heterocycles. The number of hydrogen-bond donors (Lipinski definition) is 1. The third-order valence-corrected chi connectivity index (χ3v) is 3.45. The van der Waals surface area contributed by atoms with Crippen LogP contribution in [0.5, 0.6) is 5.88 Å². The number of nitrogens with zero attached hydrogens (tertiary/aromatic N) is 1. The first-order chi connectivity index (χ1) is 7.65. The van der Waals surface area contributed by atoms with Crippen molar-refractivity contribution in [2.45, 2.75) is 38.7 Å². The summed E-state index contributed by atoms with van der Waals surface area (Å²) in [5.41, 5.74) is 6.46. The minimum Gasteiger partial charge on any atom is -0.473 e. The predicted octanol–water partition coefficient (Wildman–Crippen LogP) is 3.38. The summed E-state index contributed by atoms with van der Waals surface area (Å²) >= 11 is 3.33. The van der Waals surface area contributed by atoms with E-state index < -0.39 is 0 Å². The zero-order chi connectivity index (χ0) is 11.5. The van der Waals surface area contributed by atoms with Crippen molar-refractivity contribution in [1.82, 2.24) is 4.98 Å². The molecule has 1 heterocycles. The second-order valence-electron chi connectivity index (χ2n) is 4.56. The summed E-state index contributed by atoms with van der Waals surface area (Å²) in [7, 11) is 0. The van der Waals surface area contributed by atoms with Crippen LogP contribution in [-0.4, -0.2) is 11.1 Å². The van der Waals surface area contributed by atoms with Gasteiger partial charge < -0.3 is 10.5 Å². The molecule has 0 aromatic carbocycles. The Morgan fingerprint density at radius 3 is 3.00 bits per heavy atom. The van der Waals surface area contributed by atoms with Crippen molar-refractivity contribution in [2.75, 3.05) is 5.73 Å². The van der Waals surface area contributed by atoms with E-state index in [-0.39, 0.29) is 6.10 Å². The summed E-state index contributed by atoms with van der Waals surface area (Å²) in [5.74, 6) is 1.32. The zero-order valence-corrected chi connectivity index (χ0v) is 11.0. The van der Waals surface area contributed by atoms with Gasteiger partial charge in [0.05, 0.1) is 5.69 Å². The summed E-state index contributed by atoms with van der Waals surface area (Å²) in [6.45, 7) is 2.27. The summed E-state index contributed by atoms with van der Waals surface area (Å²) in [5, 5.41) is 0. The minimum atomic E-state index is 0.278. The second-order valence-corrected chi connectivity index (χ2v) is 5.48. The summed E-state index contributed by atoms with van der Waals surface area (Å²) < 4.78 is 6.74. The number of pyridine rings is 1. The molecule has 0 amide bonds. The highest BCUT2D eigenvalue weighted by molar-refractivity contribution is 9.10. The van der Waals surface area contributed by atoms with Crippen LogP contribution in [0.2, 0.25) is 0 Å². The van der Waals surface area contributed by atoms with E-state index in [2.05, 4.69) is 27.8 Å².